The number of hydrogen-bond acceptors (Lipinski definition) is 3. The average molecular weight is 271 g/mol. The first-order valence-electron chi connectivity index (χ1n) is 4.28. The zero-order valence-electron chi connectivity index (χ0n) is 8.33. The molecule has 0 aliphatic rings. The second-order valence-corrected chi connectivity index (χ2v) is 3.94. The minimum atomic E-state index is -0.355. The van der Waals surface area contributed by atoms with Gasteiger partial charge in [-0.05, 0) is 24.3 Å². The van der Waals surface area contributed by atoms with E-state index in [0.717, 1.165) is 4.48 Å². The smallest absolute Gasteiger partial charge is 0.337 e. The number of hydrogen-bond donors (Lipinski definition) is 0. The summed E-state index contributed by atoms with van der Waals surface area (Å²) in [4.78, 5) is 11.1. The number of ether oxygens (including phenoxy) is 2. The summed E-state index contributed by atoms with van der Waals surface area (Å²) in [5.41, 5.74) is 0.502. The summed E-state index contributed by atoms with van der Waals surface area (Å²) in [6.07, 6.45) is 0. The zero-order chi connectivity index (χ0) is 11.3. The van der Waals surface area contributed by atoms with Gasteiger partial charge in [-0.1, -0.05) is 22.5 Å². The van der Waals surface area contributed by atoms with Crippen LogP contribution in [0.3, 0.4) is 0 Å². The molecule has 4 heteroatoms. The standard InChI is InChI=1S/C11H11BrO3/c1-8(12)7-15-10-5-3-9(4-6-10)11(13)14-2/h3-6H,1,7H2,2H3. The van der Waals surface area contributed by atoms with E-state index >= 15 is 0 Å². The molecule has 0 amide bonds. The van der Waals surface area contributed by atoms with Gasteiger partial charge in [0.2, 0.25) is 0 Å². The molecule has 0 saturated heterocycles. The van der Waals surface area contributed by atoms with Crippen LogP contribution in [0.2, 0.25) is 0 Å². The second-order valence-electron chi connectivity index (χ2n) is 2.82. The first-order chi connectivity index (χ1) is 7.13. The van der Waals surface area contributed by atoms with Crippen LogP contribution in [-0.2, 0) is 4.74 Å². The molecule has 0 aliphatic heterocycles. The summed E-state index contributed by atoms with van der Waals surface area (Å²) >= 11 is 3.19. The van der Waals surface area contributed by atoms with Crippen molar-refractivity contribution >= 4 is 21.9 Å². The number of carbonyl (C=O) groups excluding carboxylic acids is 1. The minimum absolute atomic E-state index is 0.355. The molecule has 0 bridgehead atoms. The number of carbonyl (C=O) groups is 1. The summed E-state index contributed by atoms with van der Waals surface area (Å²) < 4.78 is 10.7. The van der Waals surface area contributed by atoms with Crippen LogP contribution in [-0.4, -0.2) is 19.7 Å². The molecular weight excluding hydrogens is 260 g/mol. The lowest BCUT2D eigenvalue weighted by molar-refractivity contribution is 0.0600. The molecule has 0 radical (unpaired) electrons. The predicted octanol–water partition coefficient (Wildman–Crippen LogP) is 2.76. The van der Waals surface area contributed by atoms with Gasteiger partial charge in [-0.2, -0.15) is 0 Å². The van der Waals surface area contributed by atoms with Gasteiger partial charge < -0.3 is 9.47 Å². The average Bonchev–Trinajstić information content (AvgIpc) is 2.26. The normalized spacial score (nSPS) is 9.47. The van der Waals surface area contributed by atoms with E-state index in [9.17, 15) is 4.79 Å². The summed E-state index contributed by atoms with van der Waals surface area (Å²) in [6.45, 7) is 4.05. The fourth-order valence-electron chi connectivity index (χ4n) is 0.967. The summed E-state index contributed by atoms with van der Waals surface area (Å²) in [5, 5.41) is 0. The first-order valence-corrected chi connectivity index (χ1v) is 5.07. The number of methoxy groups -OCH3 is 1. The van der Waals surface area contributed by atoms with Crippen molar-refractivity contribution in [3.8, 4) is 5.75 Å². The van der Waals surface area contributed by atoms with Gasteiger partial charge in [0.05, 0.1) is 12.7 Å². The minimum Gasteiger partial charge on any atom is -0.488 e. The number of benzene rings is 1. The maximum Gasteiger partial charge on any atom is 0.337 e. The lowest BCUT2D eigenvalue weighted by Gasteiger charge is -2.05. The van der Waals surface area contributed by atoms with E-state index in [0.29, 0.717) is 17.9 Å². The molecule has 0 aliphatic carbocycles. The third-order valence-electron chi connectivity index (χ3n) is 1.67. The lowest BCUT2D eigenvalue weighted by Crippen LogP contribution is -2.01. The van der Waals surface area contributed by atoms with E-state index in [4.69, 9.17) is 4.74 Å². The molecule has 0 unspecified atom stereocenters. The molecule has 0 N–H and O–H groups in total. The molecule has 1 aromatic rings. The van der Waals surface area contributed by atoms with Crippen molar-refractivity contribution in [2.45, 2.75) is 0 Å². The molecule has 1 aromatic carbocycles. The van der Waals surface area contributed by atoms with E-state index in [1.54, 1.807) is 24.3 Å². The monoisotopic (exact) mass is 270 g/mol. The molecule has 1 rings (SSSR count). The van der Waals surface area contributed by atoms with Crippen LogP contribution in [0.1, 0.15) is 10.4 Å². The van der Waals surface area contributed by atoms with Crippen molar-refractivity contribution in [2.75, 3.05) is 13.7 Å². The van der Waals surface area contributed by atoms with Gasteiger partial charge in [0.1, 0.15) is 12.4 Å². The van der Waals surface area contributed by atoms with Crippen LogP contribution >= 0.6 is 15.9 Å². The van der Waals surface area contributed by atoms with E-state index in [-0.39, 0.29) is 5.97 Å². The molecule has 0 heterocycles. The fourth-order valence-corrected chi connectivity index (χ4v) is 1.08. The Morgan fingerprint density at radius 3 is 2.47 bits per heavy atom. The topological polar surface area (TPSA) is 35.5 Å². The Balaban J connectivity index is 2.64. The third-order valence-corrected chi connectivity index (χ3v) is 1.90. The van der Waals surface area contributed by atoms with Crippen molar-refractivity contribution in [1.82, 2.24) is 0 Å². The highest BCUT2D eigenvalue weighted by molar-refractivity contribution is 9.11. The summed E-state index contributed by atoms with van der Waals surface area (Å²) in [5.74, 6) is 0.328. The van der Waals surface area contributed by atoms with Gasteiger partial charge in [-0.25, -0.2) is 4.79 Å². The summed E-state index contributed by atoms with van der Waals surface area (Å²) in [6, 6.07) is 6.72. The SMILES string of the molecule is C=C(Br)COc1ccc(C(=O)OC)cc1. The largest absolute Gasteiger partial charge is 0.488 e. The van der Waals surface area contributed by atoms with Crippen LogP contribution in [0, 0.1) is 0 Å². The van der Waals surface area contributed by atoms with Gasteiger partial charge in [-0.3, -0.25) is 0 Å². The quantitative estimate of drug-likeness (QED) is 0.790. The Kier molecular flexibility index (Phi) is 4.37. The van der Waals surface area contributed by atoms with Crippen molar-refractivity contribution in [1.29, 1.82) is 0 Å². The van der Waals surface area contributed by atoms with Crippen molar-refractivity contribution in [3.05, 3.63) is 40.9 Å². The van der Waals surface area contributed by atoms with Crippen molar-refractivity contribution < 1.29 is 14.3 Å². The van der Waals surface area contributed by atoms with E-state index in [2.05, 4.69) is 27.2 Å². The van der Waals surface area contributed by atoms with Gasteiger partial charge in [0.25, 0.3) is 0 Å². The van der Waals surface area contributed by atoms with Crippen molar-refractivity contribution in [3.63, 3.8) is 0 Å². The molecule has 0 aromatic heterocycles. The van der Waals surface area contributed by atoms with Crippen LogP contribution in [0.5, 0.6) is 5.75 Å². The van der Waals surface area contributed by atoms with Gasteiger partial charge in [-0.15, -0.1) is 0 Å². The lowest BCUT2D eigenvalue weighted by atomic mass is 10.2. The first kappa shape index (κ1) is 11.8. The zero-order valence-corrected chi connectivity index (χ0v) is 9.91. The molecule has 0 spiro atoms. The molecule has 3 nitrogen and oxygen atoms in total. The molecule has 0 atom stereocenters. The Morgan fingerprint density at radius 1 is 1.40 bits per heavy atom. The third kappa shape index (κ3) is 3.75. The number of halogens is 1. The Labute approximate surface area is 96.8 Å². The van der Waals surface area contributed by atoms with Crippen LogP contribution in [0.4, 0.5) is 0 Å². The van der Waals surface area contributed by atoms with Crippen LogP contribution < -0.4 is 4.74 Å². The molecular formula is C11H11BrO3. The van der Waals surface area contributed by atoms with Crippen LogP contribution in [0.25, 0.3) is 0 Å². The fraction of sp³-hybridized carbons (Fsp3) is 0.182. The van der Waals surface area contributed by atoms with E-state index in [1.807, 2.05) is 0 Å². The summed E-state index contributed by atoms with van der Waals surface area (Å²) in [7, 11) is 1.35. The highest BCUT2D eigenvalue weighted by Gasteiger charge is 2.04. The maximum atomic E-state index is 11.1. The second kappa shape index (κ2) is 5.56. The van der Waals surface area contributed by atoms with E-state index < -0.39 is 0 Å². The Morgan fingerprint density at radius 2 is 2.00 bits per heavy atom. The van der Waals surface area contributed by atoms with E-state index in [1.165, 1.54) is 7.11 Å². The van der Waals surface area contributed by atoms with Gasteiger partial charge in [0, 0.05) is 4.48 Å². The molecule has 0 saturated carbocycles. The molecule has 80 valence electrons. The number of rotatable bonds is 4. The van der Waals surface area contributed by atoms with Gasteiger partial charge >= 0.3 is 5.97 Å². The highest BCUT2D eigenvalue weighted by atomic mass is 79.9. The highest BCUT2D eigenvalue weighted by Crippen LogP contribution is 2.14. The van der Waals surface area contributed by atoms with Crippen LogP contribution in [0.15, 0.2) is 35.3 Å². The predicted molar refractivity (Wildman–Crippen MR) is 61.3 cm³/mol. The van der Waals surface area contributed by atoms with Crippen molar-refractivity contribution in [2.24, 2.45) is 0 Å². The number of esters is 1. The maximum absolute atomic E-state index is 11.1. The van der Waals surface area contributed by atoms with Gasteiger partial charge in [0.15, 0.2) is 0 Å². The Bertz CT molecular complexity index is 357. The Hall–Kier alpha value is -1.29. The molecule has 0 fully saturated rings. The molecule has 15 heavy (non-hydrogen) atoms.